The van der Waals surface area contributed by atoms with E-state index in [2.05, 4.69) is 21.2 Å². The van der Waals surface area contributed by atoms with Gasteiger partial charge in [-0.3, -0.25) is 4.79 Å². The number of carbonyl (C=O) groups is 2. The molecule has 0 aliphatic heterocycles. The lowest BCUT2D eigenvalue weighted by Crippen LogP contribution is -2.13. The molecule has 1 N–H and O–H groups in total. The highest BCUT2D eigenvalue weighted by Crippen LogP contribution is 2.30. The van der Waals surface area contributed by atoms with E-state index in [4.69, 9.17) is 4.74 Å². The molecule has 0 saturated carbocycles. The van der Waals surface area contributed by atoms with Crippen LogP contribution in [0.3, 0.4) is 0 Å². The second kappa shape index (κ2) is 7.20. The number of anilines is 1. The molecule has 21 heavy (non-hydrogen) atoms. The molecule has 0 radical (unpaired) electrons. The minimum absolute atomic E-state index is 0.230. The van der Waals surface area contributed by atoms with Gasteiger partial charge in [-0.2, -0.15) is 0 Å². The van der Waals surface area contributed by atoms with Gasteiger partial charge in [0.2, 0.25) is 0 Å². The molecule has 0 atom stereocenters. The van der Waals surface area contributed by atoms with Crippen molar-refractivity contribution in [1.82, 2.24) is 0 Å². The van der Waals surface area contributed by atoms with Gasteiger partial charge in [0, 0.05) is 10.3 Å². The summed E-state index contributed by atoms with van der Waals surface area (Å²) in [5.41, 5.74) is 0.981. The average molecular weight is 388 g/mol. The fraction of sp³-hybridized carbons (Fsp3) is 0.286. The van der Waals surface area contributed by atoms with Crippen LogP contribution in [-0.4, -0.2) is 18.5 Å². The number of rotatable bonds is 5. The van der Waals surface area contributed by atoms with Gasteiger partial charge in [0.1, 0.15) is 5.00 Å². The van der Waals surface area contributed by atoms with Gasteiger partial charge in [0.15, 0.2) is 0 Å². The van der Waals surface area contributed by atoms with Gasteiger partial charge >= 0.3 is 5.97 Å². The summed E-state index contributed by atoms with van der Waals surface area (Å²) < 4.78 is 5.92. The molecule has 2 heterocycles. The van der Waals surface area contributed by atoms with Crippen molar-refractivity contribution in [3.05, 3.63) is 37.3 Å². The van der Waals surface area contributed by atoms with Gasteiger partial charge in [-0.1, -0.05) is 6.92 Å². The minimum atomic E-state index is -0.407. The lowest BCUT2D eigenvalue weighted by atomic mass is 10.2. The van der Waals surface area contributed by atoms with Crippen LogP contribution in [-0.2, 0) is 11.2 Å². The van der Waals surface area contributed by atoms with Crippen LogP contribution in [0.15, 0.2) is 21.3 Å². The Morgan fingerprint density at radius 2 is 2.10 bits per heavy atom. The molecule has 0 bridgehead atoms. The van der Waals surface area contributed by atoms with Crippen molar-refractivity contribution in [1.29, 1.82) is 0 Å². The van der Waals surface area contributed by atoms with Gasteiger partial charge in [0.05, 0.1) is 21.5 Å². The second-order valence-corrected chi connectivity index (χ2v) is 7.55. The average Bonchev–Trinajstić information content (AvgIpc) is 3.05. The van der Waals surface area contributed by atoms with Crippen molar-refractivity contribution < 1.29 is 14.3 Å². The zero-order chi connectivity index (χ0) is 15.4. The number of aryl methyl sites for hydroxylation is 1. The quantitative estimate of drug-likeness (QED) is 0.764. The van der Waals surface area contributed by atoms with E-state index in [-0.39, 0.29) is 5.91 Å². The van der Waals surface area contributed by atoms with Crippen molar-refractivity contribution in [2.24, 2.45) is 0 Å². The summed E-state index contributed by atoms with van der Waals surface area (Å²) >= 11 is 6.17. The number of esters is 1. The van der Waals surface area contributed by atoms with Crippen LogP contribution >= 0.6 is 38.6 Å². The van der Waals surface area contributed by atoms with Crippen LogP contribution in [0.2, 0.25) is 0 Å². The first kappa shape index (κ1) is 16.2. The van der Waals surface area contributed by atoms with Crippen molar-refractivity contribution in [3.8, 4) is 0 Å². The molecule has 0 spiro atoms. The Bertz CT molecular complexity index is 663. The fourth-order valence-electron chi connectivity index (χ4n) is 1.67. The van der Waals surface area contributed by atoms with E-state index in [0.717, 1.165) is 15.1 Å². The number of thiophene rings is 2. The summed E-state index contributed by atoms with van der Waals surface area (Å²) in [4.78, 5) is 25.2. The number of ether oxygens (including phenoxy) is 1. The number of halogens is 1. The van der Waals surface area contributed by atoms with E-state index in [1.54, 1.807) is 24.4 Å². The number of hydrogen-bond acceptors (Lipinski definition) is 5. The third-order valence-corrected chi connectivity index (χ3v) is 5.38. The molecule has 0 aliphatic carbocycles. The topological polar surface area (TPSA) is 55.4 Å². The van der Waals surface area contributed by atoms with E-state index >= 15 is 0 Å². The smallest absolute Gasteiger partial charge is 0.341 e. The van der Waals surface area contributed by atoms with E-state index in [1.807, 2.05) is 6.92 Å². The maximum absolute atomic E-state index is 12.2. The summed E-state index contributed by atoms with van der Waals surface area (Å²) in [6.45, 7) is 4.06. The van der Waals surface area contributed by atoms with Crippen LogP contribution in [0.25, 0.3) is 0 Å². The summed E-state index contributed by atoms with van der Waals surface area (Å²) in [6.07, 6.45) is 0.803. The molecule has 112 valence electrons. The van der Waals surface area contributed by atoms with Crippen LogP contribution in [0.5, 0.6) is 0 Å². The number of hydrogen-bond donors (Lipinski definition) is 1. The minimum Gasteiger partial charge on any atom is -0.462 e. The van der Waals surface area contributed by atoms with E-state index < -0.39 is 5.97 Å². The Hall–Kier alpha value is -1.18. The van der Waals surface area contributed by atoms with Gasteiger partial charge in [-0.05, 0) is 41.4 Å². The van der Waals surface area contributed by atoms with Crippen molar-refractivity contribution in [3.63, 3.8) is 0 Å². The predicted molar refractivity (Wildman–Crippen MR) is 89.6 cm³/mol. The normalized spacial score (nSPS) is 10.4. The SMILES string of the molecule is CCOC(=O)c1cc(CC)sc1NC(=O)c1csc(Br)c1. The number of carbonyl (C=O) groups excluding carboxylic acids is 2. The molecule has 0 fully saturated rings. The van der Waals surface area contributed by atoms with E-state index in [0.29, 0.717) is 22.7 Å². The third-order valence-electron chi connectivity index (χ3n) is 2.68. The summed E-state index contributed by atoms with van der Waals surface area (Å²) in [5.74, 6) is -0.637. The third kappa shape index (κ3) is 3.93. The highest BCUT2D eigenvalue weighted by molar-refractivity contribution is 9.11. The first-order valence-corrected chi connectivity index (χ1v) is 8.89. The Kier molecular flexibility index (Phi) is 5.55. The van der Waals surface area contributed by atoms with Crippen molar-refractivity contribution in [2.75, 3.05) is 11.9 Å². The zero-order valence-corrected chi connectivity index (χ0v) is 14.8. The van der Waals surface area contributed by atoms with Crippen LogP contribution in [0, 0.1) is 0 Å². The van der Waals surface area contributed by atoms with Crippen molar-refractivity contribution in [2.45, 2.75) is 20.3 Å². The molecule has 2 rings (SSSR count). The highest BCUT2D eigenvalue weighted by Gasteiger charge is 2.19. The van der Waals surface area contributed by atoms with Gasteiger partial charge in [-0.25, -0.2) is 4.79 Å². The summed E-state index contributed by atoms with van der Waals surface area (Å²) in [7, 11) is 0. The van der Waals surface area contributed by atoms with E-state index in [9.17, 15) is 9.59 Å². The van der Waals surface area contributed by atoms with Gasteiger partial charge < -0.3 is 10.1 Å². The molecule has 0 aromatic carbocycles. The largest absolute Gasteiger partial charge is 0.462 e. The second-order valence-electron chi connectivity index (χ2n) is 4.12. The predicted octanol–water partition coefficient (Wildman–Crippen LogP) is 4.56. The Morgan fingerprint density at radius 1 is 1.33 bits per heavy atom. The molecule has 0 unspecified atom stereocenters. The maximum atomic E-state index is 12.2. The molecular weight excluding hydrogens is 374 g/mol. The molecule has 2 aromatic heterocycles. The Labute approximate surface area is 139 Å². The molecule has 0 saturated heterocycles. The van der Waals surface area contributed by atoms with Crippen LogP contribution in [0.1, 0.15) is 39.4 Å². The van der Waals surface area contributed by atoms with Crippen LogP contribution in [0.4, 0.5) is 5.00 Å². The molecule has 7 heteroatoms. The number of amides is 1. The first-order chi connectivity index (χ1) is 10.0. The fourth-order valence-corrected chi connectivity index (χ4v) is 3.79. The van der Waals surface area contributed by atoms with Crippen molar-refractivity contribution >= 4 is 55.5 Å². The van der Waals surface area contributed by atoms with Gasteiger partial charge in [-0.15, -0.1) is 22.7 Å². The lowest BCUT2D eigenvalue weighted by molar-refractivity contribution is 0.0528. The molecule has 2 aromatic rings. The van der Waals surface area contributed by atoms with E-state index in [1.165, 1.54) is 22.7 Å². The van der Waals surface area contributed by atoms with Crippen LogP contribution < -0.4 is 5.32 Å². The summed E-state index contributed by atoms with van der Waals surface area (Å²) in [5, 5.41) is 5.10. The Morgan fingerprint density at radius 3 is 2.67 bits per heavy atom. The zero-order valence-electron chi connectivity index (χ0n) is 11.6. The molecule has 0 aliphatic rings. The first-order valence-electron chi connectivity index (χ1n) is 6.40. The standard InChI is InChI=1S/C14H14BrNO3S2/c1-3-9-6-10(14(18)19-4-2)13(21-9)16-12(17)8-5-11(15)20-7-8/h5-7H,3-4H2,1-2H3,(H,16,17). The maximum Gasteiger partial charge on any atom is 0.341 e. The monoisotopic (exact) mass is 387 g/mol. The molecule has 4 nitrogen and oxygen atoms in total. The Balaban J connectivity index is 2.24. The highest BCUT2D eigenvalue weighted by atomic mass is 79.9. The summed E-state index contributed by atoms with van der Waals surface area (Å²) in [6, 6.07) is 3.53. The molecular formula is C14H14BrNO3S2. The lowest BCUT2D eigenvalue weighted by Gasteiger charge is -2.04. The van der Waals surface area contributed by atoms with Gasteiger partial charge in [0.25, 0.3) is 5.91 Å². The molecule has 1 amide bonds. The number of nitrogens with one attached hydrogen (secondary N) is 1.